The number of carbonyl (C=O) groups is 1. The summed E-state index contributed by atoms with van der Waals surface area (Å²) in [6.45, 7) is 2.63. The van der Waals surface area contributed by atoms with E-state index in [1.807, 2.05) is 61.5 Å². The van der Waals surface area contributed by atoms with Gasteiger partial charge in [0.05, 0.1) is 18.3 Å². The summed E-state index contributed by atoms with van der Waals surface area (Å²) in [4.78, 5) is 15.0. The maximum Gasteiger partial charge on any atom is 0.259 e. The zero-order chi connectivity index (χ0) is 18.8. The number of benzene rings is 2. The minimum absolute atomic E-state index is 0.149. The first-order valence-electron chi connectivity index (χ1n) is 9.21. The monoisotopic (exact) mass is 362 g/mol. The quantitative estimate of drug-likeness (QED) is 0.762. The van der Waals surface area contributed by atoms with E-state index < -0.39 is 6.10 Å². The molecule has 1 amide bonds. The fourth-order valence-electron chi connectivity index (χ4n) is 3.71. The summed E-state index contributed by atoms with van der Waals surface area (Å²) in [6, 6.07) is 17.0. The fraction of sp³-hybridized carbons (Fsp3) is 0.273. The van der Waals surface area contributed by atoms with E-state index in [4.69, 9.17) is 4.52 Å². The molecular formula is C22H22N2O3. The van der Waals surface area contributed by atoms with Gasteiger partial charge in [-0.1, -0.05) is 65.3 Å². The molecule has 1 fully saturated rings. The van der Waals surface area contributed by atoms with Gasteiger partial charge in [-0.2, -0.15) is 0 Å². The first kappa shape index (κ1) is 17.5. The van der Waals surface area contributed by atoms with Crippen LogP contribution in [0.25, 0.3) is 11.3 Å². The van der Waals surface area contributed by atoms with Gasteiger partial charge in [-0.15, -0.1) is 0 Å². The van der Waals surface area contributed by atoms with Gasteiger partial charge in [0.15, 0.2) is 5.76 Å². The van der Waals surface area contributed by atoms with Crippen LogP contribution >= 0.6 is 0 Å². The molecule has 2 atom stereocenters. The van der Waals surface area contributed by atoms with Crippen LogP contribution in [0.4, 0.5) is 0 Å². The Hall–Kier alpha value is -2.92. The number of aliphatic hydroxyl groups is 1. The molecule has 1 aliphatic rings. The number of rotatable bonds is 4. The lowest BCUT2D eigenvalue weighted by molar-refractivity contribution is 0.0487. The highest BCUT2D eigenvalue weighted by atomic mass is 16.5. The highest BCUT2D eigenvalue weighted by molar-refractivity contribution is 5.99. The van der Waals surface area contributed by atoms with Crippen molar-refractivity contribution in [2.75, 3.05) is 6.54 Å². The van der Waals surface area contributed by atoms with Crippen molar-refractivity contribution in [3.8, 4) is 11.3 Å². The Bertz CT molecular complexity index is 918. The number of carbonyl (C=O) groups excluding carboxylic acids is 1. The van der Waals surface area contributed by atoms with Crippen molar-refractivity contribution in [2.24, 2.45) is 0 Å². The van der Waals surface area contributed by atoms with Gasteiger partial charge in [0, 0.05) is 12.1 Å². The highest BCUT2D eigenvalue weighted by Crippen LogP contribution is 2.32. The number of likely N-dealkylation sites (tertiary alicyclic amines) is 1. The molecule has 4 rings (SSSR count). The molecule has 1 saturated heterocycles. The number of aryl methyl sites for hydroxylation is 1. The smallest absolute Gasteiger partial charge is 0.259 e. The number of nitrogens with zero attached hydrogens (tertiary/aromatic N) is 2. The third kappa shape index (κ3) is 3.38. The van der Waals surface area contributed by atoms with Crippen molar-refractivity contribution >= 4 is 5.91 Å². The zero-order valence-electron chi connectivity index (χ0n) is 15.2. The van der Waals surface area contributed by atoms with Crippen LogP contribution in [0.5, 0.6) is 0 Å². The predicted molar refractivity (Wildman–Crippen MR) is 102 cm³/mol. The number of aromatic nitrogens is 1. The van der Waals surface area contributed by atoms with Gasteiger partial charge in [-0.3, -0.25) is 4.79 Å². The van der Waals surface area contributed by atoms with Crippen molar-refractivity contribution in [2.45, 2.75) is 31.9 Å². The van der Waals surface area contributed by atoms with Crippen LogP contribution in [0.1, 0.15) is 40.4 Å². The molecule has 1 N–H and O–H groups in total. The number of amides is 1. The molecule has 3 aromatic rings. The first-order valence-corrected chi connectivity index (χ1v) is 9.21. The fourth-order valence-corrected chi connectivity index (χ4v) is 3.71. The van der Waals surface area contributed by atoms with Gasteiger partial charge < -0.3 is 14.5 Å². The van der Waals surface area contributed by atoms with E-state index in [-0.39, 0.29) is 11.9 Å². The van der Waals surface area contributed by atoms with Crippen molar-refractivity contribution in [3.63, 3.8) is 0 Å². The first-order chi connectivity index (χ1) is 13.1. The minimum Gasteiger partial charge on any atom is -0.386 e. The number of hydrogen-bond acceptors (Lipinski definition) is 4. The summed E-state index contributed by atoms with van der Waals surface area (Å²) < 4.78 is 5.39. The van der Waals surface area contributed by atoms with E-state index >= 15 is 0 Å². The SMILES string of the molecule is Cc1ccc(-c2oncc2C(=O)N2CCCC2C(O)c2ccccc2)cc1. The standard InChI is InChI=1S/C22H22N2O3/c1-15-9-11-17(12-10-15)21-18(14-23-27-21)22(26)24-13-5-8-19(24)20(25)16-6-3-2-4-7-16/h2-4,6-7,9-12,14,19-20,25H,5,8,13H2,1H3. The molecule has 5 nitrogen and oxygen atoms in total. The summed E-state index contributed by atoms with van der Waals surface area (Å²) in [5.74, 6) is 0.323. The van der Waals surface area contributed by atoms with Gasteiger partial charge in [0.25, 0.3) is 5.91 Å². The summed E-state index contributed by atoms with van der Waals surface area (Å²) in [6.07, 6.45) is 2.40. The van der Waals surface area contributed by atoms with Gasteiger partial charge in [-0.05, 0) is 25.3 Å². The van der Waals surface area contributed by atoms with Crippen LogP contribution in [0.3, 0.4) is 0 Å². The lowest BCUT2D eigenvalue weighted by Crippen LogP contribution is -2.39. The molecule has 1 aromatic heterocycles. The van der Waals surface area contributed by atoms with E-state index in [2.05, 4.69) is 5.16 Å². The summed E-state index contributed by atoms with van der Waals surface area (Å²) in [5, 5.41) is 14.7. The number of hydrogen-bond donors (Lipinski definition) is 1. The predicted octanol–water partition coefficient (Wildman–Crippen LogP) is 3.99. The molecular weight excluding hydrogens is 340 g/mol. The largest absolute Gasteiger partial charge is 0.386 e. The molecule has 0 saturated carbocycles. The third-order valence-electron chi connectivity index (χ3n) is 5.18. The van der Waals surface area contributed by atoms with Gasteiger partial charge in [0.2, 0.25) is 0 Å². The third-order valence-corrected chi connectivity index (χ3v) is 5.18. The second-order valence-corrected chi connectivity index (χ2v) is 7.00. The van der Waals surface area contributed by atoms with Crippen LogP contribution in [-0.2, 0) is 0 Å². The molecule has 0 radical (unpaired) electrons. The van der Waals surface area contributed by atoms with Crippen LogP contribution in [0.2, 0.25) is 0 Å². The second kappa shape index (κ2) is 7.37. The zero-order valence-corrected chi connectivity index (χ0v) is 15.2. The molecule has 0 bridgehead atoms. The van der Waals surface area contributed by atoms with Crippen LogP contribution in [-0.4, -0.2) is 33.7 Å². The molecule has 2 unspecified atom stereocenters. The Balaban J connectivity index is 1.61. The van der Waals surface area contributed by atoms with Crippen LogP contribution in [0.15, 0.2) is 65.3 Å². The molecule has 5 heteroatoms. The van der Waals surface area contributed by atoms with Gasteiger partial charge in [-0.25, -0.2) is 0 Å². The molecule has 2 aromatic carbocycles. The van der Waals surface area contributed by atoms with Crippen molar-refractivity contribution in [1.29, 1.82) is 0 Å². The normalized spacial score (nSPS) is 17.9. The molecule has 0 spiro atoms. The van der Waals surface area contributed by atoms with Crippen molar-refractivity contribution < 1.29 is 14.4 Å². The minimum atomic E-state index is -0.708. The Morgan fingerprint density at radius 3 is 2.67 bits per heavy atom. The van der Waals surface area contributed by atoms with E-state index in [1.54, 1.807) is 4.90 Å². The lowest BCUT2D eigenvalue weighted by Gasteiger charge is -2.28. The van der Waals surface area contributed by atoms with Crippen molar-refractivity contribution in [3.05, 3.63) is 77.5 Å². The lowest BCUT2D eigenvalue weighted by atomic mass is 9.99. The summed E-state index contributed by atoms with van der Waals surface area (Å²) in [7, 11) is 0. The van der Waals surface area contributed by atoms with Gasteiger partial charge >= 0.3 is 0 Å². The van der Waals surface area contributed by atoms with Gasteiger partial charge in [0.1, 0.15) is 5.56 Å². The molecule has 0 aliphatic carbocycles. The summed E-state index contributed by atoms with van der Waals surface area (Å²) in [5.41, 5.74) is 3.22. The van der Waals surface area contributed by atoms with Crippen LogP contribution < -0.4 is 0 Å². The topological polar surface area (TPSA) is 66.6 Å². The molecule has 1 aliphatic heterocycles. The second-order valence-electron chi connectivity index (χ2n) is 7.00. The van der Waals surface area contributed by atoms with E-state index in [1.165, 1.54) is 6.20 Å². The average Bonchev–Trinajstić information content (AvgIpc) is 3.38. The Morgan fingerprint density at radius 1 is 1.19 bits per heavy atom. The average molecular weight is 362 g/mol. The maximum atomic E-state index is 13.2. The van der Waals surface area contributed by atoms with E-state index in [9.17, 15) is 9.90 Å². The van der Waals surface area contributed by atoms with Crippen molar-refractivity contribution in [1.82, 2.24) is 10.1 Å². The Kier molecular flexibility index (Phi) is 4.77. The molecule has 27 heavy (non-hydrogen) atoms. The van der Waals surface area contributed by atoms with Crippen LogP contribution in [0, 0.1) is 6.92 Å². The highest BCUT2D eigenvalue weighted by Gasteiger charge is 2.36. The Morgan fingerprint density at radius 2 is 1.93 bits per heavy atom. The molecule has 138 valence electrons. The maximum absolute atomic E-state index is 13.2. The summed E-state index contributed by atoms with van der Waals surface area (Å²) >= 11 is 0. The number of aliphatic hydroxyl groups excluding tert-OH is 1. The Labute approximate surface area is 158 Å². The van der Waals surface area contributed by atoms with E-state index in [0.717, 1.165) is 29.5 Å². The van der Waals surface area contributed by atoms with E-state index in [0.29, 0.717) is 17.9 Å². The molecule has 2 heterocycles.